The summed E-state index contributed by atoms with van der Waals surface area (Å²) in [6.07, 6.45) is 16.2. The van der Waals surface area contributed by atoms with Crippen molar-refractivity contribution >= 4 is 29.5 Å². The Labute approximate surface area is 219 Å². The van der Waals surface area contributed by atoms with E-state index in [1.165, 1.54) is 0 Å². The van der Waals surface area contributed by atoms with Crippen molar-refractivity contribution in [2.45, 2.75) is 87.2 Å². The van der Waals surface area contributed by atoms with Gasteiger partial charge in [-0.25, -0.2) is 0 Å². The van der Waals surface area contributed by atoms with Crippen LogP contribution >= 0.6 is 11.8 Å². The summed E-state index contributed by atoms with van der Waals surface area (Å²) in [4.78, 5) is 45.5. The van der Waals surface area contributed by atoms with E-state index in [1.807, 2.05) is 17.9 Å². The Morgan fingerprint density at radius 1 is 1.00 bits per heavy atom. The van der Waals surface area contributed by atoms with E-state index in [1.54, 1.807) is 16.7 Å². The fraction of sp³-hybridized carbons (Fsp3) is 0.750. The topological polar surface area (TPSA) is 87.2 Å². The first kappa shape index (κ1) is 27.2. The molecule has 2 amide bonds. The molecule has 7 nitrogen and oxygen atoms in total. The summed E-state index contributed by atoms with van der Waals surface area (Å²) in [7, 11) is 0. The van der Waals surface area contributed by atoms with Crippen LogP contribution in [0, 0.1) is 11.8 Å². The van der Waals surface area contributed by atoms with Gasteiger partial charge in [0.15, 0.2) is 0 Å². The molecule has 0 aromatic carbocycles. The number of fused-ring (bicyclic) bond motifs is 2. The van der Waals surface area contributed by atoms with Crippen LogP contribution in [0.15, 0.2) is 24.3 Å². The fourth-order valence-electron chi connectivity index (χ4n) is 6.38. The molecule has 8 heteroatoms. The molecule has 1 unspecified atom stereocenters. The summed E-state index contributed by atoms with van der Waals surface area (Å²) in [5, 5.41) is 9.11. The zero-order chi connectivity index (χ0) is 25.8. The molecule has 0 bridgehead atoms. The maximum atomic E-state index is 14.2. The number of allylic oxidation sites excluding steroid dienone is 1. The van der Waals surface area contributed by atoms with E-state index in [9.17, 15) is 14.4 Å². The lowest BCUT2D eigenvalue weighted by Crippen LogP contribution is -2.53. The first-order chi connectivity index (χ1) is 17.4. The second kappa shape index (κ2) is 11.7. The Kier molecular flexibility index (Phi) is 8.87. The number of aliphatic hydroxyl groups is 1. The first-order valence-corrected chi connectivity index (χ1v) is 14.6. The van der Waals surface area contributed by atoms with Crippen LogP contribution in [0.4, 0.5) is 0 Å². The molecule has 1 N–H and O–H groups in total. The summed E-state index contributed by atoms with van der Waals surface area (Å²) in [5.74, 6) is -1.68. The van der Waals surface area contributed by atoms with Crippen LogP contribution in [0.25, 0.3) is 0 Å². The number of nitrogens with zero attached hydrogens (tertiary/aromatic N) is 2. The molecule has 4 aliphatic heterocycles. The number of esters is 1. The van der Waals surface area contributed by atoms with Gasteiger partial charge in [-0.15, -0.1) is 11.8 Å². The Hall–Kier alpha value is -1.80. The maximum absolute atomic E-state index is 14.2. The van der Waals surface area contributed by atoms with Crippen molar-refractivity contribution in [3.63, 3.8) is 0 Å². The van der Waals surface area contributed by atoms with Gasteiger partial charge < -0.3 is 19.6 Å². The van der Waals surface area contributed by atoms with Gasteiger partial charge >= 0.3 is 5.97 Å². The van der Waals surface area contributed by atoms with E-state index < -0.39 is 27.4 Å². The lowest BCUT2D eigenvalue weighted by molar-refractivity contribution is -0.154. The third kappa shape index (κ3) is 5.00. The number of cyclic esters (lactones) is 1. The largest absolute Gasteiger partial charge is 0.465 e. The van der Waals surface area contributed by atoms with Crippen LogP contribution in [0.1, 0.15) is 71.6 Å². The molecule has 200 valence electrons. The van der Waals surface area contributed by atoms with Gasteiger partial charge in [-0.05, 0) is 45.4 Å². The summed E-state index contributed by atoms with van der Waals surface area (Å²) in [6, 6.07) is -0.621. The molecular weight excluding hydrogens is 476 g/mol. The normalized spacial score (nSPS) is 35.2. The van der Waals surface area contributed by atoms with Crippen LogP contribution in [-0.2, 0) is 19.1 Å². The minimum atomic E-state index is -0.795. The molecule has 4 aliphatic rings. The summed E-state index contributed by atoms with van der Waals surface area (Å²) in [5.41, 5.74) is 0. The van der Waals surface area contributed by atoms with Crippen LogP contribution in [-0.4, -0.2) is 81.1 Å². The number of rotatable bonds is 9. The van der Waals surface area contributed by atoms with Crippen molar-refractivity contribution in [3.05, 3.63) is 24.3 Å². The third-order valence-corrected chi connectivity index (χ3v) is 9.97. The molecule has 36 heavy (non-hydrogen) atoms. The average molecular weight is 519 g/mol. The number of unbranched alkanes of at least 4 members (excludes halogenated alkanes) is 4. The van der Waals surface area contributed by atoms with Gasteiger partial charge in [0.1, 0.15) is 6.04 Å². The SMILES string of the molecule is CCCCN1CC=C[C@]23S[C@]4(C)/C=C\CCCCOC(=O)[C@@H]4[C@H]2C(=O)N(CCCCCCO)C3C1=O. The van der Waals surface area contributed by atoms with Gasteiger partial charge in [0, 0.05) is 31.0 Å². The summed E-state index contributed by atoms with van der Waals surface area (Å²) in [6.45, 7) is 6.38. The molecule has 0 aliphatic carbocycles. The number of amides is 2. The van der Waals surface area contributed by atoms with E-state index in [2.05, 4.69) is 25.2 Å². The van der Waals surface area contributed by atoms with Gasteiger partial charge in [0.2, 0.25) is 11.8 Å². The molecule has 5 atom stereocenters. The lowest BCUT2D eigenvalue weighted by atomic mass is 9.74. The van der Waals surface area contributed by atoms with Crippen molar-refractivity contribution in [2.75, 3.05) is 32.8 Å². The standard InChI is InChI=1S/C28H42N2O5S/c1-3-4-16-29-17-13-15-28-21(22-26(34)35-20-12-8-5-9-14-27(22,2)36-28)24(32)30(23(28)25(29)33)18-10-6-7-11-19-31/h9,13-15,21-23,31H,3-8,10-12,16-20H2,1-2H3/b14-9-/t21-,22-,23?,27+,28-/m0/s1. The number of carbonyl (C=O) groups is 3. The Bertz CT molecular complexity index is 891. The van der Waals surface area contributed by atoms with Crippen LogP contribution in [0.2, 0.25) is 0 Å². The van der Waals surface area contributed by atoms with Crippen LogP contribution < -0.4 is 0 Å². The monoisotopic (exact) mass is 518 g/mol. The smallest absolute Gasteiger partial charge is 0.311 e. The van der Waals surface area contributed by atoms with Gasteiger partial charge in [-0.3, -0.25) is 14.4 Å². The van der Waals surface area contributed by atoms with Crippen molar-refractivity contribution in [3.8, 4) is 0 Å². The number of thioether (sulfide) groups is 1. The van der Waals surface area contributed by atoms with Crippen molar-refractivity contribution in [1.29, 1.82) is 0 Å². The molecule has 4 heterocycles. The molecule has 0 radical (unpaired) electrons. The van der Waals surface area contributed by atoms with Crippen molar-refractivity contribution < 1.29 is 24.2 Å². The maximum Gasteiger partial charge on any atom is 0.311 e. The molecule has 2 saturated heterocycles. The molecule has 2 fully saturated rings. The summed E-state index contributed by atoms with van der Waals surface area (Å²) < 4.78 is 4.31. The Balaban J connectivity index is 1.73. The Morgan fingerprint density at radius 3 is 2.58 bits per heavy atom. The fourth-order valence-corrected chi connectivity index (χ4v) is 8.53. The molecule has 4 rings (SSSR count). The number of likely N-dealkylation sites (tertiary alicyclic amines) is 1. The van der Waals surface area contributed by atoms with E-state index in [0.717, 1.165) is 57.8 Å². The van der Waals surface area contributed by atoms with Crippen molar-refractivity contribution in [1.82, 2.24) is 9.80 Å². The van der Waals surface area contributed by atoms with Gasteiger partial charge in [-0.1, -0.05) is 50.5 Å². The molecule has 1 spiro atoms. The highest BCUT2D eigenvalue weighted by atomic mass is 32.2. The lowest BCUT2D eigenvalue weighted by Gasteiger charge is -2.37. The van der Waals surface area contributed by atoms with E-state index in [0.29, 0.717) is 26.2 Å². The molecule has 0 aromatic rings. The number of ether oxygens (including phenoxy) is 1. The second-order valence-electron chi connectivity index (χ2n) is 10.8. The number of hydrogen-bond donors (Lipinski definition) is 1. The number of aliphatic hydroxyl groups excluding tert-OH is 1. The zero-order valence-corrected chi connectivity index (χ0v) is 22.6. The zero-order valence-electron chi connectivity index (χ0n) is 21.8. The highest BCUT2D eigenvalue weighted by Crippen LogP contribution is 2.65. The minimum absolute atomic E-state index is 0.00294. The van der Waals surface area contributed by atoms with E-state index in [-0.39, 0.29) is 24.4 Å². The van der Waals surface area contributed by atoms with Crippen molar-refractivity contribution in [2.24, 2.45) is 11.8 Å². The highest BCUT2D eigenvalue weighted by molar-refractivity contribution is 8.02. The molecular formula is C28H42N2O5S. The van der Waals surface area contributed by atoms with Crippen LogP contribution in [0.5, 0.6) is 0 Å². The van der Waals surface area contributed by atoms with Crippen LogP contribution in [0.3, 0.4) is 0 Å². The quantitative estimate of drug-likeness (QED) is 0.285. The average Bonchev–Trinajstić information content (AvgIpc) is 3.18. The minimum Gasteiger partial charge on any atom is -0.465 e. The number of carbonyl (C=O) groups excluding carboxylic acids is 3. The summed E-state index contributed by atoms with van der Waals surface area (Å²) >= 11 is 1.62. The predicted molar refractivity (Wildman–Crippen MR) is 141 cm³/mol. The van der Waals surface area contributed by atoms with E-state index >= 15 is 0 Å². The Morgan fingerprint density at radius 2 is 1.81 bits per heavy atom. The second-order valence-corrected chi connectivity index (χ2v) is 12.6. The van der Waals surface area contributed by atoms with Gasteiger partial charge in [0.05, 0.1) is 23.2 Å². The predicted octanol–water partition coefficient (Wildman–Crippen LogP) is 3.71. The van der Waals surface area contributed by atoms with E-state index in [4.69, 9.17) is 9.84 Å². The first-order valence-electron chi connectivity index (χ1n) is 13.8. The molecule has 0 saturated carbocycles. The van der Waals surface area contributed by atoms with Gasteiger partial charge in [0.25, 0.3) is 0 Å². The highest BCUT2D eigenvalue weighted by Gasteiger charge is 2.73. The third-order valence-electron chi connectivity index (χ3n) is 8.17. The van der Waals surface area contributed by atoms with Gasteiger partial charge in [-0.2, -0.15) is 0 Å². The molecule has 0 aromatic heterocycles. The number of hydrogen-bond acceptors (Lipinski definition) is 6.